The molecule has 0 spiro atoms. The minimum absolute atomic E-state index is 0.0211. The van der Waals surface area contributed by atoms with Crippen LogP contribution in [0.3, 0.4) is 0 Å². The lowest BCUT2D eigenvalue weighted by Gasteiger charge is -2.18. The van der Waals surface area contributed by atoms with Crippen molar-refractivity contribution in [3.63, 3.8) is 0 Å². The first kappa shape index (κ1) is 14.9. The summed E-state index contributed by atoms with van der Waals surface area (Å²) in [4.78, 5) is 0. The lowest BCUT2D eigenvalue weighted by molar-refractivity contribution is 0.562. The number of halogens is 3. The van der Waals surface area contributed by atoms with Gasteiger partial charge in [-0.3, -0.25) is 0 Å². The highest BCUT2D eigenvalue weighted by atomic mass is 35.5. The van der Waals surface area contributed by atoms with Crippen LogP contribution in [0.2, 0.25) is 5.02 Å². The van der Waals surface area contributed by atoms with E-state index in [0.29, 0.717) is 17.0 Å². The zero-order valence-electron chi connectivity index (χ0n) is 11.4. The lowest BCUT2D eigenvalue weighted by Crippen LogP contribution is -2.19. The van der Waals surface area contributed by atoms with Crippen LogP contribution in [-0.4, -0.2) is 7.05 Å². The van der Waals surface area contributed by atoms with E-state index in [9.17, 15) is 8.78 Å². The Kier molecular flexibility index (Phi) is 4.73. The third-order valence-corrected chi connectivity index (χ3v) is 3.72. The summed E-state index contributed by atoms with van der Waals surface area (Å²) in [6.07, 6.45) is 0.506. The SMILES string of the molecule is CNC(Cc1cc(F)cc(F)c1)c1ccc(Cl)c(C)c1. The van der Waals surface area contributed by atoms with Crippen LogP contribution in [0.4, 0.5) is 8.78 Å². The molecule has 0 aliphatic rings. The highest BCUT2D eigenvalue weighted by Gasteiger charge is 2.12. The summed E-state index contributed by atoms with van der Waals surface area (Å²) < 4.78 is 26.4. The van der Waals surface area contributed by atoms with E-state index < -0.39 is 11.6 Å². The second-order valence-corrected chi connectivity index (χ2v) is 5.24. The maximum absolute atomic E-state index is 13.2. The first-order valence-corrected chi connectivity index (χ1v) is 6.75. The number of nitrogens with one attached hydrogen (secondary N) is 1. The van der Waals surface area contributed by atoms with E-state index in [2.05, 4.69) is 5.32 Å². The zero-order valence-corrected chi connectivity index (χ0v) is 12.1. The second kappa shape index (κ2) is 6.33. The Hall–Kier alpha value is -1.45. The molecule has 2 aromatic rings. The molecule has 2 aromatic carbocycles. The largest absolute Gasteiger partial charge is 0.313 e. The van der Waals surface area contributed by atoms with Crippen LogP contribution in [0.25, 0.3) is 0 Å². The smallest absolute Gasteiger partial charge is 0.126 e. The van der Waals surface area contributed by atoms with Crippen LogP contribution < -0.4 is 5.32 Å². The third-order valence-electron chi connectivity index (χ3n) is 3.29. The maximum Gasteiger partial charge on any atom is 0.126 e. The van der Waals surface area contributed by atoms with E-state index in [1.54, 1.807) is 0 Å². The van der Waals surface area contributed by atoms with Gasteiger partial charge in [0.25, 0.3) is 0 Å². The van der Waals surface area contributed by atoms with Gasteiger partial charge in [0.05, 0.1) is 0 Å². The standard InChI is InChI=1S/C16H16ClF2N/c1-10-5-12(3-4-15(10)17)16(20-2)8-11-6-13(18)9-14(19)7-11/h3-7,9,16,20H,8H2,1-2H3. The van der Waals surface area contributed by atoms with Gasteiger partial charge in [-0.25, -0.2) is 8.78 Å². The molecule has 4 heteroatoms. The second-order valence-electron chi connectivity index (χ2n) is 4.83. The average molecular weight is 296 g/mol. The molecule has 0 aliphatic carbocycles. The first-order chi connectivity index (χ1) is 9.49. The average Bonchev–Trinajstić information content (AvgIpc) is 2.38. The van der Waals surface area contributed by atoms with E-state index in [0.717, 1.165) is 17.2 Å². The van der Waals surface area contributed by atoms with Gasteiger partial charge < -0.3 is 5.32 Å². The third kappa shape index (κ3) is 3.56. The van der Waals surface area contributed by atoms with Gasteiger partial charge in [0.2, 0.25) is 0 Å². The molecule has 0 saturated carbocycles. The molecule has 0 saturated heterocycles. The Balaban J connectivity index is 2.26. The number of hydrogen-bond donors (Lipinski definition) is 1. The van der Waals surface area contributed by atoms with Crippen molar-refractivity contribution in [3.8, 4) is 0 Å². The van der Waals surface area contributed by atoms with Gasteiger partial charge in [-0.2, -0.15) is 0 Å². The lowest BCUT2D eigenvalue weighted by atomic mass is 9.97. The molecular weight excluding hydrogens is 280 g/mol. The molecule has 2 rings (SSSR count). The molecule has 0 bridgehead atoms. The normalized spacial score (nSPS) is 12.4. The summed E-state index contributed by atoms with van der Waals surface area (Å²) in [5.41, 5.74) is 2.64. The highest BCUT2D eigenvalue weighted by molar-refractivity contribution is 6.31. The predicted octanol–water partition coefficient (Wildman–Crippen LogP) is 4.43. The monoisotopic (exact) mass is 295 g/mol. The van der Waals surface area contributed by atoms with Crippen molar-refractivity contribution >= 4 is 11.6 Å². The fraction of sp³-hybridized carbons (Fsp3) is 0.250. The van der Waals surface area contributed by atoms with E-state index in [-0.39, 0.29) is 6.04 Å². The van der Waals surface area contributed by atoms with Gasteiger partial charge >= 0.3 is 0 Å². The fourth-order valence-electron chi connectivity index (χ4n) is 2.24. The molecule has 0 radical (unpaired) electrons. The molecule has 0 aromatic heterocycles. The van der Waals surface area contributed by atoms with Crippen LogP contribution in [0.15, 0.2) is 36.4 Å². The fourth-order valence-corrected chi connectivity index (χ4v) is 2.35. The summed E-state index contributed by atoms with van der Waals surface area (Å²) >= 11 is 6.01. The van der Waals surface area contributed by atoms with Crippen molar-refractivity contribution in [1.29, 1.82) is 0 Å². The molecule has 20 heavy (non-hydrogen) atoms. The van der Waals surface area contributed by atoms with Gasteiger partial charge in [0.15, 0.2) is 0 Å². The Morgan fingerprint density at radius 1 is 1.10 bits per heavy atom. The highest BCUT2D eigenvalue weighted by Crippen LogP contribution is 2.24. The Morgan fingerprint density at radius 3 is 2.30 bits per heavy atom. The summed E-state index contributed by atoms with van der Waals surface area (Å²) in [7, 11) is 1.82. The predicted molar refractivity (Wildman–Crippen MR) is 78.1 cm³/mol. The molecule has 1 unspecified atom stereocenters. The topological polar surface area (TPSA) is 12.0 Å². The summed E-state index contributed by atoms with van der Waals surface area (Å²) in [5.74, 6) is -1.11. The summed E-state index contributed by atoms with van der Waals surface area (Å²) in [6, 6.07) is 9.32. The molecular formula is C16H16ClF2N. The minimum atomic E-state index is -0.554. The quantitative estimate of drug-likeness (QED) is 0.880. The van der Waals surface area contributed by atoms with E-state index in [1.807, 2.05) is 32.2 Å². The zero-order chi connectivity index (χ0) is 14.7. The number of rotatable bonds is 4. The van der Waals surface area contributed by atoms with Gasteiger partial charge in [0, 0.05) is 17.1 Å². The molecule has 1 N–H and O–H groups in total. The molecule has 0 aliphatic heterocycles. The van der Waals surface area contributed by atoms with E-state index in [1.165, 1.54) is 12.1 Å². The summed E-state index contributed by atoms with van der Waals surface area (Å²) in [6.45, 7) is 1.93. The van der Waals surface area contributed by atoms with Crippen LogP contribution in [0.5, 0.6) is 0 Å². The molecule has 1 nitrogen and oxygen atoms in total. The summed E-state index contributed by atoms with van der Waals surface area (Å²) in [5, 5.41) is 3.87. The van der Waals surface area contributed by atoms with Crippen molar-refractivity contribution in [1.82, 2.24) is 5.32 Å². The number of benzene rings is 2. The van der Waals surface area contributed by atoms with Gasteiger partial charge in [-0.1, -0.05) is 23.7 Å². The van der Waals surface area contributed by atoms with Gasteiger partial charge in [0.1, 0.15) is 11.6 Å². The van der Waals surface area contributed by atoms with Crippen LogP contribution in [0, 0.1) is 18.6 Å². The van der Waals surface area contributed by atoms with Gasteiger partial charge in [-0.05, 0) is 55.3 Å². The van der Waals surface area contributed by atoms with Crippen LogP contribution in [0.1, 0.15) is 22.7 Å². The number of likely N-dealkylation sites (N-methyl/N-ethyl adjacent to an activating group) is 1. The first-order valence-electron chi connectivity index (χ1n) is 6.38. The van der Waals surface area contributed by atoms with Crippen molar-refractivity contribution in [2.75, 3.05) is 7.05 Å². The Bertz CT molecular complexity index is 593. The van der Waals surface area contributed by atoms with Crippen molar-refractivity contribution in [2.45, 2.75) is 19.4 Å². The molecule has 0 amide bonds. The Morgan fingerprint density at radius 2 is 1.75 bits per heavy atom. The minimum Gasteiger partial charge on any atom is -0.313 e. The molecule has 0 heterocycles. The van der Waals surface area contributed by atoms with Crippen molar-refractivity contribution in [3.05, 3.63) is 69.7 Å². The molecule has 106 valence electrons. The maximum atomic E-state index is 13.2. The molecule has 1 atom stereocenters. The Labute approximate surface area is 122 Å². The number of aryl methyl sites for hydroxylation is 1. The van der Waals surface area contributed by atoms with Crippen LogP contribution in [-0.2, 0) is 6.42 Å². The van der Waals surface area contributed by atoms with Crippen LogP contribution >= 0.6 is 11.6 Å². The van der Waals surface area contributed by atoms with E-state index >= 15 is 0 Å². The van der Waals surface area contributed by atoms with Crippen molar-refractivity contribution < 1.29 is 8.78 Å². The molecule has 0 fully saturated rings. The van der Waals surface area contributed by atoms with E-state index in [4.69, 9.17) is 11.6 Å². The number of hydrogen-bond acceptors (Lipinski definition) is 1. The van der Waals surface area contributed by atoms with Gasteiger partial charge in [-0.15, -0.1) is 0 Å². The van der Waals surface area contributed by atoms with Crippen molar-refractivity contribution in [2.24, 2.45) is 0 Å².